The number of carbonyl (C=O) groups is 5. The molecule has 0 aliphatic carbocycles. The largest absolute Gasteiger partial charge is 0.449 e. The van der Waals surface area contributed by atoms with Gasteiger partial charge in [-0.05, 0) is 36.8 Å². The quantitative estimate of drug-likeness (QED) is 0.0748. The Kier molecular flexibility index (Phi) is 15.9. The van der Waals surface area contributed by atoms with Crippen molar-refractivity contribution in [2.24, 2.45) is 5.10 Å². The lowest BCUT2D eigenvalue weighted by molar-refractivity contribution is 0.0676. The molecule has 1 N–H and O–H groups in total. The van der Waals surface area contributed by atoms with Gasteiger partial charge in [0.05, 0.1) is 41.1 Å². The van der Waals surface area contributed by atoms with Crippen LogP contribution < -0.4 is 10.3 Å². The minimum atomic E-state index is -1.67. The number of fused-ring (bicyclic) bond motifs is 2. The molecule has 0 spiro atoms. The lowest BCUT2D eigenvalue weighted by atomic mass is 10.1. The number of hydrogen-bond donors (Lipinski definition) is 1. The number of aromatic nitrogens is 2. The van der Waals surface area contributed by atoms with Gasteiger partial charge in [0.1, 0.15) is 5.69 Å². The van der Waals surface area contributed by atoms with Crippen LogP contribution in [0.2, 0.25) is 0 Å². The summed E-state index contributed by atoms with van der Waals surface area (Å²) in [7, 11) is 7.36. The molecule has 4 aromatic carbocycles. The minimum absolute atomic E-state index is 0. The van der Waals surface area contributed by atoms with Crippen molar-refractivity contribution in [3.05, 3.63) is 137 Å². The predicted octanol–water partition coefficient (Wildman–Crippen LogP) is 7.75. The van der Waals surface area contributed by atoms with E-state index in [1.54, 1.807) is 79.7 Å². The van der Waals surface area contributed by atoms with E-state index in [2.05, 4.69) is 41.5 Å². The predicted molar refractivity (Wildman–Crippen MR) is 211 cm³/mol. The Morgan fingerprint density at radius 2 is 1.20 bits per heavy atom. The molecule has 5 aromatic rings. The van der Waals surface area contributed by atoms with Gasteiger partial charge in [-0.15, -0.1) is 5.10 Å². The number of ether oxygens (including phenoxy) is 1. The Labute approximate surface area is 327 Å². The fourth-order valence-corrected chi connectivity index (χ4v) is 5.81. The first-order valence-corrected chi connectivity index (χ1v) is 18.8. The summed E-state index contributed by atoms with van der Waals surface area (Å²) in [6, 6.07) is 31.9. The summed E-state index contributed by atoms with van der Waals surface area (Å²) in [6.07, 6.45) is -0.705. The molecule has 0 bridgehead atoms. The molecule has 0 radical (unpaired) electrons. The molecular weight excluding hydrogens is 775 g/mol. The second kappa shape index (κ2) is 20.0. The maximum Gasteiger partial charge on any atom is 0.427 e. The Balaban J connectivity index is 0.000000258. The fourth-order valence-electron chi connectivity index (χ4n) is 5.11. The van der Waals surface area contributed by atoms with E-state index in [1.165, 1.54) is 0 Å². The van der Waals surface area contributed by atoms with E-state index in [9.17, 15) is 24.0 Å². The zero-order valence-corrected chi connectivity index (χ0v) is 30.1. The van der Waals surface area contributed by atoms with Gasteiger partial charge in [-0.3, -0.25) is 24.1 Å². The molecule has 0 saturated heterocycles. The number of rotatable bonds is 7. The van der Waals surface area contributed by atoms with Crippen LogP contribution in [0.25, 0.3) is 11.3 Å². The van der Waals surface area contributed by atoms with Gasteiger partial charge in [0.15, 0.2) is 5.00 Å². The summed E-state index contributed by atoms with van der Waals surface area (Å²) in [5.74, 6) is -1.43. The molecule has 17 heteroatoms. The van der Waals surface area contributed by atoms with Crippen LogP contribution in [0.4, 0.5) is 9.80 Å². The second-order valence-electron chi connectivity index (χ2n) is 10.5. The van der Waals surface area contributed by atoms with E-state index in [0.29, 0.717) is 44.2 Å². The van der Waals surface area contributed by atoms with E-state index >= 15 is 0 Å². The number of carbonyl (C=O) groups excluding carboxylic acids is 5. The highest BCUT2D eigenvalue weighted by Crippen LogP contribution is 2.37. The first kappa shape index (κ1) is 42.8. The molecule has 0 atom stereocenters. The summed E-state index contributed by atoms with van der Waals surface area (Å²) < 4.78 is 17.8. The third-order valence-corrected chi connectivity index (χ3v) is 8.08. The molecule has 1 aromatic heterocycles. The highest BCUT2D eigenvalue weighted by atomic mass is 36.0. The van der Waals surface area contributed by atoms with Crippen LogP contribution in [0.1, 0.15) is 68.8 Å². The molecular formula is C37H34Cl2N6O7S2. The third kappa shape index (κ3) is 9.87. The van der Waals surface area contributed by atoms with Gasteiger partial charge < -0.3 is 4.74 Å². The number of hydrazone groups is 1. The van der Waals surface area contributed by atoms with Crippen molar-refractivity contribution in [2.45, 2.75) is 21.8 Å². The lowest BCUT2D eigenvalue weighted by Crippen LogP contribution is -2.36. The van der Waals surface area contributed by atoms with E-state index < -0.39 is 15.3 Å². The van der Waals surface area contributed by atoms with E-state index in [4.69, 9.17) is 8.95 Å². The van der Waals surface area contributed by atoms with Gasteiger partial charge in [0, 0.05) is 38.5 Å². The molecule has 0 saturated carbocycles. The second-order valence-corrected chi connectivity index (χ2v) is 13.7. The normalized spacial score (nSPS) is 12.7. The number of halogens is 2. The topological polar surface area (TPSA) is 168 Å². The van der Waals surface area contributed by atoms with Crippen molar-refractivity contribution >= 4 is 82.6 Å². The van der Waals surface area contributed by atoms with Crippen LogP contribution in [-0.2, 0) is 14.0 Å². The summed E-state index contributed by atoms with van der Waals surface area (Å²) in [5, 5.41) is 8.59. The van der Waals surface area contributed by atoms with E-state index in [0.717, 1.165) is 26.9 Å². The van der Waals surface area contributed by atoms with Crippen molar-refractivity contribution in [1.29, 1.82) is 0 Å². The number of nitrogens with one attached hydrogen (secondary N) is 1. The maximum absolute atomic E-state index is 12.6. The van der Waals surface area contributed by atoms with E-state index in [1.807, 2.05) is 36.4 Å². The van der Waals surface area contributed by atoms with Gasteiger partial charge in [-0.2, -0.15) is 5.10 Å². The summed E-state index contributed by atoms with van der Waals surface area (Å²) >= 11 is 1.04. The maximum atomic E-state index is 12.6. The average Bonchev–Trinajstić information content (AvgIpc) is 3.80. The van der Waals surface area contributed by atoms with Crippen molar-refractivity contribution < 1.29 is 32.9 Å². The number of anilines is 1. The Bertz CT molecular complexity index is 2110. The van der Waals surface area contributed by atoms with Crippen LogP contribution in [-0.4, -0.2) is 67.3 Å². The standard InChI is InChI=1S/C19H17N3O4.C16H9N3O2S.2CH4.Cl2OS/c1-2-26-19(25)21-20-16(13-8-4-3-5-9-13)12-22-17(23)14-10-6-7-11-15(14)18(22)24;20-14-11-8-4-5-9-12(11)15(21)19(14)16-13(17-18-22-16)10-6-2-1-3-7-10;;;1-4(2)3/h3-11H,2,12H2,1H3,(H,21,25);1-9H;2*1H4;. The fraction of sp³-hybridized carbons (Fsp3) is 0.135. The molecule has 5 amide bonds. The molecule has 2 aliphatic rings. The molecule has 54 heavy (non-hydrogen) atoms. The molecule has 0 fully saturated rings. The highest BCUT2D eigenvalue weighted by molar-refractivity contribution is 8.26. The Morgan fingerprint density at radius 1 is 0.759 bits per heavy atom. The number of amides is 5. The summed E-state index contributed by atoms with van der Waals surface area (Å²) in [5.41, 5.74) is 6.26. The molecule has 7 rings (SSSR count). The zero-order valence-electron chi connectivity index (χ0n) is 27.0. The van der Waals surface area contributed by atoms with Crippen molar-refractivity contribution in [2.75, 3.05) is 18.1 Å². The summed E-state index contributed by atoms with van der Waals surface area (Å²) in [6.45, 7) is 1.82. The molecule has 13 nitrogen and oxygen atoms in total. The van der Waals surface area contributed by atoms with Crippen molar-refractivity contribution in [1.82, 2.24) is 19.9 Å². The number of imide groups is 2. The summed E-state index contributed by atoms with van der Waals surface area (Å²) in [4.78, 5) is 64.0. The van der Waals surface area contributed by atoms with Crippen molar-refractivity contribution in [3.63, 3.8) is 0 Å². The van der Waals surface area contributed by atoms with Gasteiger partial charge in [0.2, 0.25) is 9.23 Å². The monoisotopic (exact) mass is 808 g/mol. The molecule has 280 valence electrons. The van der Waals surface area contributed by atoms with Gasteiger partial charge >= 0.3 is 6.09 Å². The Hall–Kier alpha value is -5.61. The SMILES string of the molecule is C.C.CCOC(=O)NN=C(CN1C(=O)c2ccccc2C1=O)c1ccccc1.O=C1c2ccccc2C(=O)N1c1snnc1-c1ccccc1.O=S(Cl)Cl. The first-order valence-electron chi connectivity index (χ1n) is 15.2. The molecule has 2 aliphatic heterocycles. The lowest BCUT2D eigenvalue weighted by Gasteiger charge is -2.16. The molecule has 3 heterocycles. The van der Waals surface area contributed by atoms with Crippen LogP contribution in [0.15, 0.2) is 114 Å². The third-order valence-electron chi connectivity index (χ3n) is 7.37. The zero-order chi connectivity index (χ0) is 37.2. The number of hydrogen-bond acceptors (Lipinski definition) is 11. The number of benzene rings is 4. The van der Waals surface area contributed by atoms with Crippen molar-refractivity contribution in [3.8, 4) is 11.3 Å². The van der Waals surface area contributed by atoms with Gasteiger partial charge in [-0.1, -0.05) is 104 Å². The highest BCUT2D eigenvalue weighted by Gasteiger charge is 2.39. The van der Waals surface area contributed by atoms with E-state index in [-0.39, 0.29) is 51.6 Å². The van der Waals surface area contributed by atoms with Crippen LogP contribution in [0.5, 0.6) is 0 Å². The van der Waals surface area contributed by atoms with Crippen LogP contribution >= 0.6 is 32.9 Å². The average molecular weight is 810 g/mol. The van der Waals surface area contributed by atoms with Crippen LogP contribution in [0.3, 0.4) is 0 Å². The smallest absolute Gasteiger partial charge is 0.427 e. The Morgan fingerprint density at radius 3 is 1.69 bits per heavy atom. The molecule has 0 unspecified atom stereocenters. The minimum Gasteiger partial charge on any atom is -0.449 e. The first-order chi connectivity index (χ1) is 25.1. The van der Waals surface area contributed by atoms with Crippen LogP contribution in [0, 0.1) is 0 Å². The van der Waals surface area contributed by atoms with Gasteiger partial charge in [-0.25, -0.2) is 19.3 Å². The van der Waals surface area contributed by atoms with Gasteiger partial charge in [0.25, 0.3) is 23.6 Å². The number of nitrogens with zero attached hydrogens (tertiary/aromatic N) is 5.